The van der Waals surface area contributed by atoms with Gasteiger partial charge >= 0.3 is 0 Å². The van der Waals surface area contributed by atoms with Crippen molar-refractivity contribution < 1.29 is 0 Å². The Balaban J connectivity index is 2.19. The van der Waals surface area contributed by atoms with Crippen molar-refractivity contribution in [1.82, 2.24) is 0 Å². The van der Waals surface area contributed by atoms with Crippen molar-refractivity contribution in [2.75, 3.05) is 0 Å². The van der Waals surface area contributed by atoms with Gasteiger partial charge in [-0.1, -0.05) is 84.9 Å². The minimum absolute atomic E-state index is 0.00799. The second-order valence-corrected chi connectivity index (χ2v) is 8.02. The van der Waals surface area contributed by atoms with Crippen LogP contribution in [0, 0.1) is 0 Å². The molecule has 2 heteroatoms. The summed E-state index contributed by atoms with van der Waals surface area (Å²) < 4.78 is 0. The molecule has 3 aromatic carbocycles. The zero-order chi connectivity index (χ0) is 15.4. The van der Waals surface area contributed by atoms with Crippen LogP contribution in [0.5, 0.6) is 0 Å². The predicted octanol–water partition coefficient (Wildman–Crippen LogP) is 4.74. The third-order valence-corrected chi connectivity index (χ3v) is 6.39. The van der Waals surface area contributed by atoms with E-state index >= 15 is 0 Å². The van der Waals surface area contributed by atoms with Gasteiger partial charge in [-0.3, -0.25) is 0 Å². The Hall–Kier alpha value is -1.62. The summed E-state index contributed by atoms with van der Waals surface area (Å²) >= 11 is 6.44. The topological polar surface area (TPSA) is 0 Å². The second kappa shape index (κ2) is 7.09. The van der Waals surface area contributed by atoms with Crippen LogP contribution in [0.3, 0.4) is 0 Å². The van der Waals surface area contributed by atoms with Gasteiger partial charge in [-0.25, -0.2) is 0 Å². The molecular weight excluding hydrogens is 307 g/mol. The van der Waals surface area contributed by atoms with E-state index in [2.05, 4.69) is 84.9 Å². The zero-order valence-corrected chi connectivity index (χ0v) is 14.1. The highest BCUT2D eigenvalue weighted by Gasteiger charge is 2.20. The molecule has 0 aliphatic rings. The highest BCUT2D eigenvalue weighted by molar-refractivity contribution is 7.79. The van der Waals surface area contributed by atoms with E-state index < -0.39 is 7.92 Å². The fourth-order valence-electron chi connectivity index (χ4n) is 2.61. The molecule has 0 spiro atoms. The van der Waals surface area contributed by atoms with Crippen LogP contribution in [0.25, 0.3) is 0 Å². The molecular formula is C20H18ClP. The highest BCUT2D eigenvalue weighted by atomic mass is 35.5. The van der Waals surface area contributed by atoms with Crippen molar-refractivity contribution >= 4 is 35.4 Å². The number of rotatable bonds is 4. The van der Waals surface area contributed by atoms with Gasteiger partial charge in [0.05, 0.1) is 5.38 Å². The molecule has 0 nitrogen and oxygen atoms in total. The Morgan fingerprint density at radius 1 is 0.682 bits per heavy atom. The third-order valence-electron chi connectivity index (χ3n) is 3.63. The molecule has 110 valence electrons. The van der Waals surface area contributed by atoms with Gasteiger partial charge in [0.25, 0.3) is 0 Å². The first kappa shape index (κ1) is 15.3. The molecule has 0 aliphatic heterocycles. The van der Waals surface area contributed by atoms with Crippen LogP contribution < -0.4 is 15.9 Å². The Labute approximate surface area is 138 Å². The summed E-state index contributed by atoms with van der Waals surface area (Å²) in [4.78, 5) is 0. The largest absolute Gasteiger partial charge is 0.118 e. The van der Waals surface area contributed by atoms with Crippen LogP contribution in [-0.4, -0.2) is 0 Å². The number of alkyl halides is 1. The number of benzene rings is 3. The van der Waals surface area contributed by atoms with E-state index in [0.717, 1.165) is 0 Å². The smallest absolute Gasteiger partial charge is 0.0563 e. The summed E-state index contributed by atoms with van der Waals surface area (Å²) in [7, 11) is -0.584. The Kier molecular flexibility index (Phi) is 4.93. The average Bonchev–Trinajstić information content (AvgIpc) is 2.57. The monoisotopic (exact) mass is 324 g/mol. The lowest BCUT2D eigenvalue weighted by molar-refractivity contribution is 1.10. The SMILES string of the molecule is CC(Cl)c1ccccc1P(c1ccccc1)c1ccccc1. The number of hydrogen-bond donors (Lipinski definition) is 0. The van der Waals surface area contributed by atoms with Crippen molar-refractivity contribution in [1.29, 1.82) is 0 Å². The predicted molar refractivity (Wildman–Crippen MR) is 99.4 cm³/mol. The minimum Gasteiger partial charge on any atom is -0.118 e. The zero-order valence-electron chi connectivity index (χ0n) is 12.5. The summed E-state index contributed by atoms with van der Waals surface area (Å²) in [5, 5.41) is 4.06. The molecule has 0 saturated carbocycles. The second-order valence-electron chi connectivity index (χ2n) is 5.18. The summed E-state index contributed by atoms with van der Waals surface area (Å²) in [5.74, 6) is 0. The fourth-order valence-corrected chi connectivity index (χ4v) is 5.43. The van der Waals surface area contributed by atoms with E-state index in [9.17, 15) is 0 Å². The average molecular weight is 325 g/mol. The molecule has 0 heterocycles. The van der Waals surface area contributed by atoms with Gasteiger partial charge in [-0.2, -0.15) is 0 Å². The van der Waals surface area contributed by atoms with Crippen molar-refractivity contribution in [3.05, 3.63) is 90.5 Å². The van der Waals surface area contributed by atoms with E-state index in [1.54, 1.807) is 0 Å². The molecule has 22 heavy (non-hydrogen) atoms. The number of halogens is 1. The Morgan fingerprint density at radius 2 is 1.14 bits per heavy atom. The molecule has 3 rings (SSSR count). The standard InChI is InChI=1S/C20H18ClP/c1-16(21)19-14-8-9-15-20(19)22(17-10-4-2-5-11-17)18-12-6-3-7-13-18/h2-16H,1H3. The van der Waals surface area contributed by atoms with E-state index in [1.807, 2.05) is 6.92 Å². The van der Waals surface area contributed by atoms with Gasteiger partial charge in [0, 0.05) is 0 Å². The molecule has 0 amide bonds. The van der Waals surface area contributed by atoms with Gasteiger partial charge in [0.2, 0.25) is 0 Å². The molecule has 0 N–H and O–H groups in total. The number of hydrogen-bond acceptors (Lipinski definition) is 0. The van der Waals surface area contributed by atoms with E-state index in [1.165, 1.54) is 21.5 Å². The van der Waals surface area contributed by atoms with Crippen LogP contribution in [0.1, 0.15) is 17.9 Å². The van der Waals surface area contributed by atoms with Crippen LogP contribution in [-0.2, 0) is 0 Å². The molecule has 1 atom stereocenters. The van der Waals surface area contributed by atoms with Crippen molar-refractivity contribution in [3.8, 4) is 0 Å². The van der Waals surface area contributed by atoms with Crippen molar-refractivity contribution in [2.45, 2.75) is 12.3 Å². The normalized spacial score (nSPS) is 12.3. The maximum absolute atomic E-state index is 6.44. The molecule has 0 radical (unpaired) electrons. The summed E-state index contributed by atoms with van der Waals surface area (Å²) in [6, 6.07) is 30.0. The molecule has 3 aromatic rings. The van der Waals surface area contributed by atoms with Crippen LogP contribution in [0.2, 0.25) is 0 Å². The van der Waals surface area contributed by atoms with E-state index in [-0.39, 0.29) is 5.38 Å². The summed E-state index contributed by atoms with van der Waals surface area (Å²) in [6.07, 6.45) is 0. The lowest BCUT2D eigenvalue weighted by Crippen LogP contribution is -2.23. The van der Waals surface area contributed by atoms with E-state index in [4.69, 9.17) is 11.6 Å². The highest BCUT2D eigenvalue weighted by Crippen LogP contribution is 2.36. The maximum atomic E-state index is 6.44. The third kappa shape index (κ3) is 3.24. The summed E-state index contributed by atoms with van der Waals surface area (Å²) in [6.45, 7) is 2.05. The van der Waals surface area contributed by atoms with Gasteiger partial charge in [-0.05, 0) is 36.3 Å². The van der Waals surface area contributed by atoms with Gasteiger partial charge in [-0.15, -0.1) is 11.6 Å². The van der Waals surface area contributed by atoms with Gasteiger partial charge in [0.1, 0.15) is 0 Å². The molecule has 0 bridgehead atoms. The Morgan fingerprint density at radius 3 is 1.64 bits per heavy atom. The van der Waals surface area contributed by atoms with Crippen LogP contribution in [0.15, 0.2) is 84.9 Å². The first-order valence-electron chi connectivity index (χ1n) is 7.40. The summed E-state index contributed by atoms with van der Waals surface area (Å²) in [5.41, 5.74) is 1.22. The first-order chi connectivity index (χ1) is 10.8. The Bertz CT molecular complexity index is 683. The molecule has 0 saturated heterocycles. The van der Waals surface area contributed by atoms with Crippen molar-refractivity contribution in [2.24, 2.45) is 0 Å². The molecule has 0 aliphatic carbocycles. The van der Waals surface area contributed by atoms with Crippen molar-refractivity contribution in [3.63, 3.8) is 0 Å². The molecule has 1 unspecified atom stereocenters. The van der Waals surface area contributed by atoms with Crippen LogP contribution in [0.4, 0.5) is 0 Å². The van der Waals surface area contributed by atoms with Crippen LogP contribution >= 0.6 is 19.5 Å². The quantitative estimate of drug-likeness (QED) is 0.480. The molecule has 0 fully saturated rings. The fraction of sp³-hybridized carbons (Fsp3) is 0.100. The molecule has 0 aromatic heterocycles. The van der Waals surface area contributed by atoms with E-state index in [0.29, 0.717) is 0 Å². The van der Waals surface area contributed by atoms with Gasteiger partial charge < -0.3 is 0 Å². The minimum atomic E-state index is -0.584. The first-order valence-corrected chi connectivity index (χ1v) is 9.18. The van der Waals surface area contributed by atoms with Gasteiger partial charge in [0.15, 0.2) is 0 Å². The lowest BCUT2D eigenvalue weighted by atomic mass is 10.2. The maximum Gasteiger partial charge on any atom is 0.0563 e. The lowest BCUT2D eigenvalue weighted by Gasteiger charge is -2.23.